The molecule has 5 nitrogen and oxygen atoms in total. The van der Waals surface area contributed by atoms with Gasteiger partial charge in [0, 0.05) is 11.6 Å². The number of hydrogen-bond donors (Lipinski definition) is 2. The standard InChI is InChI=1S/C15H14N2O3/c1-10-4-6-11(7-5-10)15(19)17-13(14(16)18)9-12-3-2-8-20-12/h2-9H,1H3,(H2,16,18)(H,17,19)/b13-9+. The molecule has 3 N–H and O–H groups in total. The van der Waals surface area contributed by atoms with Crippen LogP contribution < -0.4 is 11.1 Å². The third-order valence-electron chi connectivity index (χ3n) is 2.66. The Balaban J connectivity index is 2.18. The van der Waals surface area contributed by atoms with Crippen molar-refractivity contribution in [2.75, 3.05) is 0 Å². The molecule has 102 valence electrons. The van der Waals surface area contributed by atoms with Crippen LogP contribution in [-0.2, 0) is 4.79 Å². The van der Waals surface area contributed by atoms with E-state index in [1.54, 1.807) is 24.3 Å². The normalized spacial score (nSPS) is 11.2. The Morgan fingerprint density at radius 3 is 2.45 bits per heavy atom. The molecule has 1 heterocycles. The van der Waals surface area contributed by atoms with Gasteiger partial charge in [-0.1, -0.05) is 17.7 Å². The highest BCUT2D eigenvalue weighted by atomic mass is 16.3. The second kappa shape index (κ2) is 5.88. The fourth-order valence-corrected chi connectivity index (χ4v) is 1.58. The molecular formula is C15H14N2O3. The molecule has 0 bridgehead atoms. The third-order valence-corrected chi connectivity index (χ3v) is 2.66. The van der Waals surface area contributed by atoms with Crippen molar-refractivity contribution in [1.82, 2.24) is 5.32 Å². The smallest absolute Gasteiger partial charge is 0.265 e. The third kappa shape index (κ3) is 3.35. The molecule has 0 aliphatic carbocycles. The summed E-state index contributed by atoms with van der Waals surface area (Å²) in [6.45, 7) is 1.92. The fourth-order valence-electron chi connectivity index (χ4n) is 1.58. The molecule has 0 saturated carbocycles. The topological polar surface area (TPSA) is 85.3 Å². The summed E-state index contributed by atoms with van der Waals surface area (Å²) in [7, 11) is 0. The predicted molar refractivity (Wildman–Crippen MR) is 74.5 cm³/mol. The molecule has 0 unspecified atom stereocenters. The van der Waals surface area contributed by atoms with Crippen LogP contribution in [-0.4, -0.2) is 11.8 Å². The number of hydrogen-bond acceptors (Lipinski definition) is 3. The van der Waals surface area contributed by atoms with Crippen LogP contribution in [0.3, 0.4) is 0 Å². The number of amides is 2. The van der Waals surface area contributed by atoms with E-state index >= 15 is 0 Å². The zero-order chi connectivity index (χ0) is 14.5. The van der Waals surface area contributed by atoms with Crippen molar-refractivity contribution >= 4 is 17.9 Å². The van der Waals surface area contributed by atoms with Crippen LogP contribution >= 0.6 is 0 Å². The van der Waals surface area contributed by atoms with Crippen molar-refractivity contribution in [3.63, 3.8) is 0 Å². The number of furan rings is 1. The van der Waals surface area contributed by atoms with Gasteiger partial charge in [-0.25, -0.2) is 0 Å². The van der Waals surface area contributed by atoms with Crippen molar-refractivity contribution in [3.05, 3.63) is 65.2 Å². The van der Waals surface area contributed by atoms with Gasteiger partial charge in [-0.2, -0.15) is 0 Å². The predicted octanol–water partition coefficient (Wildman–Crippen LogP) is 1.84. The molecule has 1 aromatic carbocycles. The van der Waals surface area contributed by atoms with Gasteiger partial charge in [-0.3, -0.25) is 9.59 Å². The summed E-state index contributed by atoms with van der Waals surface area (Å²) in [5.74, 6) is -0.702. The minimum Gasteiger partial charge on any atom is -0.465 e. The van der Waals surface area contributed by atoms with E-state index < -0.39 is 11.8 Å². The lowest BCUT2D eigenvalue weighted by atomic mass is 10.1. The molecular weight excluding hydrogens is 256 g/mol. The van der Waals surface area contributed by atoms with Crippen molar-refractivity contribution in [3.8, 4) is 0 Å². The first kappa shape index (κ1) is 13.6. The van der Waals surface area contributed by atoms with Gasteiger partial charge < -0.3 is 15.5 Å². The Kier molecular flexibility index (Phi) is 4.00. The summed E-state index contributed by atoms with van der Waals surface area (Å²) >= 11 is 0. The average molecular weight is 270 g/mol. The molecule has 0 fully saturated rings. The molecule has 0 aliphatic rings. The summed E-state index contributed by atoms with van der Waals surface area (Å²) in [6.07, 6.45) is 2.85. The Bertz CT molecular complexity index is 640. The highest BCUT2D eigenvalue weighted by molar-refractivity contribution is 6.04. The molecule has 2 amide bonds. The summed E-state index contributed by atoms with van der Waals surface area (Å²) in [4.78, 5) is 23.4. The van der Waals surface area contributed by atoms with E-state index in [0.29, 0.717) is 11.3 Å². The van der Waals surface area contributed by atoms with Crippen LogP contribution in [0.2, 0.25) is 0 Å². The van der Waals surface area contributed by atoms with Gasteiger partial charge in [0.25, 0.3) is 11.8 Å². The maximum atomic E-state index is 12.0. The van der Waals surface area contributed by atoms with Crippen molar-refractivity contribution in [2.45, 2.75) is 6.92 Å². The number of carbonyl (C=O) groups is 2. The van der Waals surface area contributed by atoms with Gasteiger partial charge in [0.15, 0.2) is 0 Å². The molecule has 1 aromatic heterocycles. The molecule has 0 atom stereocenters. The molecule has 2 rings (SSSR count). The van der Waals surface area contributed by atoms with E-state index in [2.05, 4.69) is 5.32 Å². The van der Waals surface area contributed by atoms with Gasteiger partial charge >= 0.3 is 0 Å². The van der Waals surface area contributed by atoms with Gasteiger partial charge in [-0.05, 0) is 31.2 Å². The molecule has 0 radical (unpaired) electrons. The van der Waals surface area contributed by atoms with Gasteiger partial charge in [0.1, 0.15) is 11.5 Å². The Labute approximate surface area is 116 Å². The monoisotopic (exact) mass is 270 g/mol. The lowest BCUT2D eigenvalue weighted by Crippen LogP contribution is -2.31. The first-order chi connectivity index (χ1) is 9.56. The maximum Gasteiger partial charge on any atom is 0.265 e. The van der Waals surface area contributed by atoms with E-state index in [-0.39, 0.29) is 5.70 Å². The van der Waals surface area contributed by atoms with E-state index in [1.807, 2.05) is 19.1 Å². The van der Waals surface area contributed by atoms with Crippen molar-refractivity contribution < 1.29 is 14.0 Å². The number of nitrogens with one attached hydrogen (secondary N) is 1. The molecule has 20 heavy (non-hydrogen) atoms. The number of nitrogens with two attached hydrogens (primary N) is 1. The Morgan fingerprint density at radius 2 is 1.90 bits per heavy atom. The highest BCUT2D eigenvalue weighted by Gasteiger charge is 2.12. The van der Waals surface area contributed by atoms with Crippen molar-refractivity contribution in [1.29, 1.82) is 0 Å². The number of carbonyl (C=O) groups excluding carboxylic acids is 2. The van der Waals surface area contributed by atoms with E-state index in [1.165, 1.54) is 12.3 Å². The Hall–Kier alpha value is -2.82. The number of aryl methyl sites for hydroxylation is 1. The summed E-state index contributed by atoms with van der Waals surface area (Å²) in [6, 6.07) is 10.3. The second-order valence-corrected chi connectivity index (χ2v) is 4.26. The van der Waals surface area contributed by atoms with Crippen LogP contribution in [0.4, 0.5) is 0 Å². The lowest BCUT2D eigenvalue weighted by molar-refractivity contribution is -0.114. The summed E-state index contributed by atoms with van der Waals surface area (Å²) in [5, 5.41) is 2.48. The zero-order valence-corrected chi connectivity index (χ0v) is 10.9. The lowest BCUT2D eigenvalue weighted by Gasteiger charge is -2.06. The van der Waals surface area contributed by atoms with Crippen LogP contribution in [0.25, 0.3) is 6.08 Å². The molecule has 0 saturated heterocycles. The SMILES string of the molecule is Cc1ccc(C(=O)N/C(=C/c2ccco2)C(N)=O)cc1. The van der Waals surface area contributed by atoms with Gasteiger partial charge in [-0.15, -0.1) is 0 Å². The second-order valence-electron chi connectivity index (χ2n) is 4.26. The van der Waals surface area contributed by atoms with E-state index in [4.69, 9.17) is 10.2 Å². The number of rotatable bonds is 4. The summed E-state index contributed by atoms with van der Waals surface area (Å²) < 4.78 is 5.08. The van der Waals surface area contributed by atoms with Gasteiger partial charge in [0.05, 0.1) is 6.26 Å². The fraction of sp³-hybridized carbons (Fsp3) is 0.0667. The molecule has 0 spiro atoms. The largest absolute Gasteiger partial charge is 0.465 e. The molecule has 0 aliphatic heterocycles. The van der Waals surface area contributed by atoms with E-state index in [0.717, 1.165) is 5.56 Å². The van der Waals surface area contributed by atoms with E-state index in [9.17, 15) is 9.59 Å². The van der Waals surface area contributed by atoms with Crippen LogP contribution in [0, 0.1) is 6.92 Å². The van der Waals surface area contributed by atoms with Crippen LogP contribution in [0.1, 0.15) is 21.7 Å². The van der Waals surface area contributed by atoms with Crippen LogP contribution in [0.5, 0.6) is 0 Å². The van der Waals surface area contributed by atoms with Gasteiger partial charge in [0.2, 0.25) is 0 Å². The zero-order valence-electron chi connectivity index (χ0n) is 10.9. The number of benzene rings is 1. The highest BCUT2D eigenvalue weighted by Crippen LogP contribution is 2.08. The maximum absolute atomic E-state index is 12.0. The quantitative estimate of drug-likeness (QED) is 0.831. The first-order valence-electron chi connectivity index (χ1n) is 5.99. The minimum absolute atomic E-state index is 0.0227. The first-order valence-corrected chi connectivity index (χ1v) is 5.99. The minimum atomic E-state index is -0.734. The Morgan fingerprint density at radius 1 is 1.20 bits per heavy atom. The van der Waals surface area contributed by atoms with Crippen molar-refractivity contribution in [2.24, 2.45) is 5.73 Å². The molecule has 5 heteroatoms. The summed E-state index contributed by atoms with van der Waals surface area (Å²) in [5.41, 5.74) is 6.71. The molecule has 2 aromatic rings. The van der Waals surface area contributed by atoms with Crippen LogP contribution in [0.15, 0.2) is 52.8 Å². The number of primary amides is 1. The average Bonchev–Trinajstić information content (AvgIpc) is 2.91.